The lowest BCUT2D eigenvalue weighted by atomic mass is 10.2. The smallest absolute Gasteiger partial charge is 0.294 e. The lowest BCUT2D eigenvalue weighted by Crippen LogP contribution is -2.00. The second-order valence-electron chi connectivity index (χ2n) is 7.51. The van der Waals surface area contributed by atoms with Crippen LogP contribution in [0, 0.1) is 6.92 Å². The normalized spacial score (nSPS) is 14.8. The second kappa shape index (κ2) is 11.2. The molecule has 0 saturated heterocycles. The van der Waals surface area contributed by atoms with Gasteiger partial charge >= 0.3 is 0 Å². The monoisotopic (exact) mass is 590 g/mol. The highest BCUT2D eigenvalue weighted by Crippen LogP contribution is 2.32. The van der Waals surface area contributed by atoms with Gasteiger partial charge in [0.15, 0.2) is 0 Å². The van der Waals surface area contributed by atoms with E-state index in [1.54, 1.807) is 12.1 Å². The molecule has 3 aromatic rings. The van der Waals surface area contributed by atoms with Crippen molar-refractivity contribution in [3.8, 4) is 0 Å². The van der Waals surface area contributed by atoms with Crippen molar-refractivity contribution in [3.63, 3.8) is 0 Å². The number of para-hydroxylation sites is 2. The molecule has 0 bridgehead atoms. The van der Waals surface area contributed by atoms with Gasteiger partial charge in [0, 0.05) is 20.4 Å². The summed E-state index contributed by atoms with van der Waals surface area (Å²) in [6.07, 6.45) is 1.97. The molecule has 1 aliphatic rings. The molecular weight excluding hydrogens is 568 g/mol. The zero-order valence-electron chi connectivity index (χ0n) is 18.2. The molecule has 0 amide bonds. The number of halogens is 2. The highest BCUT2D eigenvalue weighted by molar-refractivity contribution is 9.11. The lowest BCUT2D eigenvalue weighted by molar-refractivity contribution is 0.483. The Morgan fingerprint density at radius 3 is 2.06 bits per heavy atom. The van der Waals surface area contributed by atoms with Crippen molar-refractivity contribution < 1.29 is 13.0 Å². The molecule has 33 heavy (non-hydrogen) atoms. The number of aryl methyl sites for hydroxylation is 1. The van der Waals surface area contributed by atoms with Crippen LogP contribution in [-0.4, -0.2) is 18.7 Å². The Kier molecular flexibility index (Phi) is 8.64. The summed E-state index contributed by atoms with van der Waals surface area (Å²) in [5.41, 5.74) is 6.68. The van der Waals surface area contributed by atoms with Gasteiger partial charge in [0.2, 0.25) is 0 Å². The molecule has 0 fully saturated rings. The lowest BCUT2D eigenvalue weighted by Gasteiger charge is -2.10. The van der Waals surface area contributed by atoms with Crippen molar-refractivity contribution >= 4 is 59.1 Å². The average molecular weight is 592 g/mol. The van der Waals surface area contributed by atoms with Crippen LogP contribution in [-0.2, 0) is 10.1 Å². The van der Waals surface area contributed by atoms with Crippen molar-refractivity contribution in [2.75, 3.05) is 5.32 Å². The van der Waals surface area contributed by atoms with Crippen LogP contribution in [0.15, 0.2) is 103 Å². The fourth-order valence-corrected chi connectivity index (χ4v) is 4.45. The van der Waals surface area contributed by atoms with Crippen LogP contribution in [0.4, 0.5) is 11.4 Å². The molecule has 0 atom stereocenters. The Bertz CT molecular complexity index is 1300. The van der Waals surface area contributed by atoms with Crippen molar-refractivity contribution in [2.45, 2.75) is 31.6 Å². The molecule has 172 valence electrons. The Hall–Kier alpha value is -2.26. The third-order valence-corrected chi connectivity index (χ3v) is 7.31. The van der Waals surface area contributed by atoms with E-state index in [0.717, 1.165) is 44.4 Å². The van der Waals surface area contributed by atoms with Gasteiger partial charge < -0.3 is 5.32 Å². The molecule has 0 heterocycles. The summed E-state index contributed by atoms with van der Waals surface area (Å²) in [5, 5.41) is 3.53. The van der Waals surface area contributed by atoms with Gasteiger partial charge in [-0.2, -0.15) is 8.42 Å². The van der Waals surface area contributed by atoms with Crippen molar-refractivity contribution in [1.82, 2.24) is 0 Å². The van der Waals surface area contributed by atoms with E-state index >= 15 is 0 Å². The first-order valence-electron chi connectivity index (χ1n) is 10.2. The van der Waals surface area contributed by atoms with Crippen LogP contribution >= 0.6 is 31.9 Å². The zero-order valence-corrected chi connectivity index (χ0v) is 22.2. The maximum absolute atomic E-state index is 10.5. The average Bonchev–Trinajstić information content (AvgIpc) is 3.11. The van der Waals surface area contributed by atoms with E-state index in [1.165, 1.54) is 23.4 Å². The van der Waals surface area contributed by atoms with Gasteiger partial charge in [-0.25, -0.2) is 0 Å². The van der Waals surface area contributed by atoms with Crippen molar-refractivity contribution in [2.24, 2.45) is 4.99 Å². The standard InChI is InChI=1S/C18H16Br2N2.C7H8O3S/c1-12-15(21-17-8-4-2-6-13(17)19)10-11-16(12)22-18-9-5-3-7-14(18)20;1-6-2-4-7(5-3-6)11(8,9)10/h2-9,21H,10-11H2,1H3;2-5H,1H3,(H,8,9,10). The fourth-order valence-electron chi connectivity index (χ4n) is 3.21. The minimum absolute atomic E-state index is 0.0666. The molecule has 3 aromatic carbocycles. The van der Waals surface area contributed by atoms with E-state index in [0.29, 0.717) is 0 Å². The number of hydrogen-bond donors (Lipinski definition) is 2. The van der Waals surface area contributed by atoms with Gasteiger partial charge in [0.25, 0.3) is 10.1 Å². The summed E-state index contributed by atoms with van der Waals surface area (Å²) in [5.74, 6) is 0. The minimum Gasteiger partial charge on any atom is -0.358 e. The molecule has 0 saturated carbocycles. The molecule has 1 aliphatic carbocycles. The summed E-state index contributed by atoms with van der Waals surface area (Å²) < 4.78 is 31.7. The highest BCUT2D eigenvalue weighted by Gasteiger charge is 2.18. The van der Waals surface area contributed by atoms with E-state index in [-0.39, 0.29) is 4.90 Å². The van der Waals surface area contributed by atoms with Gasteiger partial charge in [-0.1, -0.05) is 42.0 Å². The number of nitrogens with zero attached hydrogens (tertiary/aromatic N) is 1. The van der Waals surface area contributed by atoms with Crippen LogP contribution in [0.3, 0.4) is 0 Å². The predicted octanol–water partition coefficient (Wildman–Crippen LogP) is 7.71. The Morgan fingerprint density at radius 2 is 1.45 bits per heavy atom. The first-order chi connectivity index (χ1) is 15.6. The first kappa shape index (κ1) is 25.4. The molecule has 5 nitrogen and oxygen atoms in total. The molecule has 2 N–H and O–H groups in total. The van der Waals surface area contributed by atoms with Crippen LogP contribution in [0.5, 0.6) is 0 Å². The number of benzene rings is 3. The van der Waals surface area contributed by atoms with Crippen LogP contribution in [0.2, 0.25) is 0 Å². The highest BCUT2D eigenvalue weighted by atomic mass is 79.9. The summed E-state index contributed by atoms with van der Waals surface area (Å²) in [6.45, 7) is 3.98. The molecular formula is C25H24Br2N2O3S. The maximum Gasteiger partial charge on any atom is 0.294 e. The number of anilines is 1. The molecule has 0 radical (unpaired) electrons. The van der Waals surface area contributed by atoms with E-state index in [1.807, 2.05) is 49.4 Å². The van der Waals surface area contributed by atoms with Gasteiger partial charge in [0.05, 0.1) is 16.3 Å². The predicted molar refractivity (Wildman–Crippen MR) is 142 cm³/mol. The largest absolute Gasteiger partial charge is 0.358 e. The SMILES string of the molecule is CC1=C(Nc2ccccc2Br)CCC1=Nc1ccccc1Br.Cc1ccc(S(=O)(=O)O)cc1. The molecule has 4 rings (SSSR count). The van der Waals surface area contributed by atoms with E-state index in [4.69, 9.17) is 9.55 Å². The van der Waals surface area contributed by atoms with Gasteiger partial charge in [-0.15, -0.1) is 0 Å². The zero-order chi connectivity index (χ0) is 24.0. The van der Waals surface area contributed by atoms with Crippen molar-refractivity contribution in [1.29, 1.82) is 0 Å². The third kappa shape index (κ3) is 7.11. The van der Waals surface area contributed by atoms with Crippen LogP contribution < -0.4 is 5.32 Å². The Balaban J connectivity index is 0.000000235. The number of hydrogen-bond acceptors (Lipinski definition) is 4. The van der Waals surface area contributed by atoms with Gasteiger partial charge in [-0.3, -0.25) is 9.55 Å². The van der Waals surface area contributed by atoms with E-state index < -0.39 is 10.1 Å². The summed E-state index contributed by atoms with van der Waals surface area (Å²) >= 11 is 7.14. The number of allylic oxidation sites excluding steroid dienone is 2. The molecule has 0 aliphatic heterocycles. The quantitative estimate of drug-likeness (QED) is 0.305. The topological polar surface area (TPSA) is 78.8 Å². The summed E-state index contributed by atoms with van der Waals surface area (Å²) in [6, 6.07) is 22.2. The van der Waals surface area contributed by atoms with Crippen LogP contribution in [0.1, 0.15) is 25.3 Å². The number of nitrogens with one attached hydrogen (secondary N) is 1. The van der Waals surface area contributed by atoms with Gasteiger partial charge in [-0.05, 0) is 101 Å². The Labute approximate surface area is 211 Å². The number of aliphatic imine (C=N–C) groups is 1. The first-order valence-corrected chi connectivity index (χ1v) is 13.3. The fraction of sp³-hybridized carbons (Fsp3) is 0.160. The summed E-state index contributed by atoms with van der Waals surface area (Å²) in [7, 11) is -4.02. The van der Waals surface area contributed by atoms with Crippen LogP contribution in [0.25, 0.3) is 0 Å². The molecule has 0 unspecified atom stereocenters. The molecule has 8 heteroatoms. The van der Waals surface area contributed by atoms with E-state index in [2.05, 4.69) is 50.2 Å². The maximum atomic E-state index is 10.5. The minimum atomic E-state index is -4.02. The molecule has 0 aromatic heterocycles. The van der Waals surface area contributed by atoms with Crippen molar-refractivity contribution in [3.05, 3.63) is 98.6 Å². The second-order valence-corrected chi connectivity index (χ2v) is 10.6. The summed E-state index contributed by atoms with van der Waals surface area (Å²) in [4.78, 5) is 4.75. The van der Waals surface area contributed by atoms with Gasteiger partial charge in [0.1, 0.15) is 0 Å². The third-order valence-electron chi connectivity index (χ3n) is 5.08. The number of rotatable bonds is 4. The molecule has 0 spiro atoms. The Morgan fingerprint density at radius 1 is 0.848 bits per heavy atom. The van der Waals surface area contributed by atoms with E-state index in [9.17, 15) is 8.42 Å².